The standard InChI is InChI=1S/C6H9NO2/c1-5-6(4-7-8)2-3-9-5/h2-3,7-8H,4H2,1H3. The number of hydrogen-bond acceptors (Lipinski definition) is 3. The summed E-state index contributed by atoms with van der Waals surface area (Å²) in [6, 6.07) is 1.82. The predicted molar refractivity (Wildman–Crippen MR) is 32.1 cm³/mol. The van der Waals surface area contributed by atoms with Crippen LogP contribution in [0.2, 0.25) is 0 Å². The molecule has 0 bridgehead atoms. The lowest BCUT2D eigenvalue weighted by atomic mass is 10.3. The van der Waals surface area contributed by atoms with Crippen molar-refractivity contribution in [2.75, 3.05) is 0 Å². The van der Waals surface area contributed by atoms with Gasteiger partial charge in [-0.05, 0) is 13.0 Å². The summed E-state index contributed by atoms with van der Waals surface area (Å²) in [5.74, 6) is 0.844. The number of furan rings is 1. The maximum Gasteiger partial charge on any atom is 0.105 e. The molecule has 0 radical (unpaired) electrons. The van der Waals surface area contributed by atoms with E-state index in [1.165, 1.54) is 0 Å². The van der Waals surface area contributed by atoms with E-state index >= 15 is 0 Å². The van der Waals surface area contributed by atoms with Gasteiger partial charge in [0.2, 0.25) is 0 Å². The molecule has 9 heavy (non-hydrogen) atoms. The second kappa shape index (κ2) is 2.66. The van der Waals surface area contributed by atoms with Gasteiger partial charge in [0.25, 0.3) is 0 Å². The van der Waals surface area contributed by atoms with Gasteiger partial charge >= 0.3 is 0 Å². The van der Waals surface area contributed by atoms with E-state index in [2.05, 4.69) is 5.48 Å². The van der Waals surface area contributed by atoms with Crippen LogP contribution in [0.15, 0.2) is 16.7 Å². The first kappa shape index (κ1) is 6.32. The van der Waals surface area contributed by atoms with Crippen LogP contribution < -0.4 is 5.48 Å². The fourth-order valence-corrected chi connectivity index (χ4v) is 0.680. The van der Waals surface area contributed by atoms with E-state index in [-0.39, 0.29) is 0 Å². The van der Waals surface area contributed by atoms with Crippen LogP contribution in [0.3, 0.4) is 0 Å². The first-order valence-corrected chi connectivity index (χ1v) is 2.74. The fourth-order valence-electron chi connectivity index (χ4n) is 0.680. The highest BCUT2D eigenvalue weighted by atomic mass is 16.5. The van der Waals surface area contributed by atoms with Crippen molar-refractivity contribution in [3.63, 3.8) is 0 Å². The summed E-state index contributed by atoms with van der Waals surface area (Å²) in [5, 5.41) is 8.27. The Morgan fingerprint density at radius 2 is 2.56 bits per heavy atom. The van der Waals surface area contributed by atoms with Crippen molar-refractivity contribution in [2.24, 2.45) is 0 Å². The van der Waals surface area contributed by atoms with E-state index < -0.39 is 0 Å². The Morgan fingerprint density at radius 1 is 1.78 bits per heavy atom. The first-order chi connectivity index (χ1) is 4.34. The lowest BCUT2D eigenvalue weighted by Gasteiger charge is -1.92. The van der Waals surface area contributed by atoms with Gasteiger partial charge in [0.05, 0.1) is 6.26 Å². The molecule has 0 saturated carbocycles. The quantitative estimate of drug-likeness (QED) is 0.584. The Balaban J connectivity index is 2.69. The summed E-state index contributed by atoms with van der Waals surface area (Å²) in [6.45, 7) is 2.30. The van der Waals surface area contributed by atoms with E-state index in [4.69, 9.17) is 9.62 Å². The number of hydrogen-bond donors (Lipinski definition) is 2. The summed E-state index contributed by atoms with van der Waals surface area (Å²) in [7, 11) is 0. The van der Waals surface area contributed by atoms with Gasteiger partial charge in [0.15, 0.2) is 0 Å². The monoisotopic (exact) mass is 127 g/mol. The van der Waals surface area contributed by atoms with E-state index in [0.29, 0.717) is 6.54 Å². The summed E-state index contributed by atoms with van der Waals surface area (Å²) < 4.78 is 4.97. The first-order valence-electron chi connectivity index (χ1n) is 2.74. The Morgan fingerprint density at radius 3 is 3.00 bits per heavy atom. The van der Waals surface area contributed by atoms with Crippen molar-refractivity contribution in [3.05, 3.63) is 23.7 Å². The van der Waals surface area contributed by atoms with Crippen molar-refractivity contribution in [1.82, 2.24) is 5.48 Å². The van der Waals surface area contributed by atoms with Crippen LogP contribution in [0.25, 0.3) is 0 Å². The molecule has 3 nitrogen and oxygen atoms in total. The third-order valence-corrected chi connectivity index (χ3v) is 1.24. The van der Waals surface area contributed by atoms with Crippen molar-refractivity contribution < 1.29 is 9.62 Å². The molecule has 1 heterocycles. The average molecular weight is 127 g/mol. The summed E-state index contributed by atoms with van der Waals surface area (Å²) in [5.41, 5.74) is 3.03. The van der Waals surface area contributed by atoms with Crippen LogP contribution in [-0.4, -0.2) is 5.21 Å². The number of hydroxylamine groups is 1. The molecular formula is C6H9NO2. The van der Waals surface area contributed by atoms with Crippen molar-refractivity contribution in [1.29, 1.82) is 0 Å². The van der Waals surface area contributed by atoms with Crippen LogP contribution in [0, 0.1) is 6.92 Å². The molecule has 0 aliphatic rings. The number of rotatable bonds is 2. The molecule has 0 amide bonds. The third kappa shape index (κ3) is 1.31. The summed E-state index contributed by atoms with van der Waals surface area (Å²) in [4.78, 5) is 0. The smallest absolute Gasteiger partial charge is 0.105 e. The molecule has 0 fully saturated rings. The highest BCUT2D eigenvalue weighted by Crippen LogP contribution is 2.06. The van der Waals surface area contributed by atoms with Crippen LogP contribution in [0.1, 0.15) is 11.3 Å². The minimum atomic E-state index is 0.447. The van der Waals surface area contributed by atoms with Gasteiger partial charge in [-0.1, -0.05) is 0 Å². The molecule has 0 saturated heterocycles. The minimum Gasteiger partial charge on any atom is -0.469 e. The van der Waals surface area contributed by atoms with Crippen LogP contribution >= 0.6 is 0 Å². The Kier molecular flexibility index (Phi) is 1.87. The Labute approximate surface area is 53.3 Å². The molecule has 0 aliphatic carbocycles. The molecule has 0 aliphatic heterocycles. The topological polar surface area (TPSA) is 45.4 Å². The van der Waals surface area contributed by atoms with E-state index in [1.54, 1.807) is 6.26 Å². The molecule has 0 spiro atoms. The molecule has 0 aromatic carbocycles. The fraction of sp³-hybridized carbons (Fsp3) is 0.333. The predicted octanol–water partition coefficient (Wildman–Crippen LogP) is 1.07. The normalized spacial score (nSPS) is 10.0. The second-order valence-corrected chi connectivity index (χ2v) is 1.84. The number of aryl methyl sites for hydroxylation is 1. The lowest BCUT2D eigenvalue weighted by Crippen LogP contribution is -2.05. The molecule has 1 aromatic heterocycles. The zero-order valence-electron chi connectivity index (χ0n) is 5.22. The SMILES string of the molecule is Cc1occc1CNO. The molecule has 3 heteroatoms. The van der Waals surface area contributed by atoms with Gasteiger partial charge in [-0.2, -0.15) is 0 Å². The average Bonchev–Trinajstić information content (AvgIpc) is 2.18. The van der Waals surface area contributed by atoms with Crippen LogP contribution in [-0.2, 0) is 6.54 Å². The lowest BCUT2D eigenvalue weighted by molar-refractivity contribution is 0.160. The third-order valence-electron chi connectivity index (χ3n) is 1.24. The summed E-state index contributed by atoms with van der Waals surface area (Å²) in [6.07, 6.45) is 1.60. The molecule has 50 valence electrons. The van der Waals surface area contributed by atoms with Gasteiger partial charge in [0.1, 0.15) is 5.76 Å². The second-order valence-electron chi connectivity index (χ2n) is 1.84. The molecule has 0 unspecified atom stereocenters. The van der Waals surface area contributed by atoms with Crippen LogP contribution in [0.4, 0.5) is 0 Å². The van der Waals surface area contributed by atoms with Crippen molar-refractivity contribution >= 4 is 0 Å². The van der Waals surface area contributed by atoms with Gasteiger partial charge in [0, 0.05) is 12.1 Å². The zero-order chi connectivity index (χ0) is 6.69. The van der Waals surface area contributed by atoms with E-state index in [1.807, 2.05) is 13.0 Å². The van der Waals surface area contributed by atoms with Crippen molar-refractivity contribution in [2.45, 2.75) is 13.5 Å². The Bertz CT molecular complexity index is 183. The van der Waals surface area contributed by atoms with Gasteiger partial charge < -0.3 is 9.62 Å². The highest BCUT2D eigenvalue weighted by molar-refractivity contribution is 5.14. The number of nitrogens with one attached hydrogen (secondary N) is 1. The largest absolute Gasteiger partial charge is 0.469 e. The highest BCUT2D eigenvalue weighted by Gasteiger charge is 1.97. The zero-order valence-corrected chi connectivity index (χ0v) is 5.22. The van der Waals surface area contributed by atoms with E-state index in [9.17, 15) is 0 Å². The maximum absolute atomic E-state index is 8.27. The van der Waals surface area contributed by atoms with Crippen molar-refractivity contribution in [3.8, 4) is 0 Å². The molecule has 1 rings (SSSR count). The molecule has 0 atom stereocenters. The minimum absolute atomic E-state index is 0.447. The van der Waals surface area contributed by atoms with Crippen LogP contribution in [0.5, 0.6) is 0 Å². The van der Waals surface area contributed by atoms with E-state index in [0.717, 1.165) is 11.3 Å². The van der Waals surface area contributed by atoms with Gasteiger partial charge in [-0.25, -0.2) is 5.48 Å². The molecule has 2 N–H and O–H groups in total. The summed E-state index contributed by atoms with van der Waals surface area (Å²) >= 11 is 0. The van der Waals surface area contributed by atoms with Gasteiger partial charge in [-0.3, -0.25) is 0 Å². The molecule has 1 aromatic rings. The maximum atomic E-state index is 8.27. The molecular weight excluding hydrogens is 118 g/mol. The van der Waals surface area contributed by atoms with Gasteiger partial charge in [-0.15, -0.1) is 0 Å². The Hall–Kier alpha value is -0.800.